The summed E-state index contributed by atoms with van der Waals surface area (Å²) < 4.78 is 0. The lowest BCUT2D eigenvalue weighted by molar-refractivity contribution is 0.0579. The van der Waals surface area contributed by atoms with Crippen molar-refractivity contribution in [1.29, 1.82) is 0 Å². The van der Waals surface area contributed by atoms with Crippen LogP contribution in [0.25, 0.3) is 0 Å². The summed E-state index contributed by atoms with van der Waals surface area (Å²) in [6, 6.07) is 7.97. The number of benzene rings is 1. The fourth-order valence-electron chi connectivity index (χ4n) is 2.94. The molecular formula is C15H18N2O. The van der Waals surface area contributed by atoms with Crippen LogP contribution < -0.4 is 5.73 Å². The minimum absolute atomic E-state index is 0.0842. The van der Waals surface area contributed by atoms with Crippen LogP contribution in [0.15, 0.2) is 36.4 Å². The molecule has 1 aromatic carbocycles. The van der Waals surface area contributed by atoms with Crippen LogP contribution in [0.1, 0.15) is 35.2 Å². The Morgan fingerprint density at radius 3 is 2.89 bits per heavy atom. The fourth-order valence-corrected chi connectivity index (χ4v) is 2.94. The molecule has 18 heavy (non-hydrogen) atoms. The van der Waals surface area contributed by atoms with Crippen LogP contribution in [-0.4, -0.2) is 23.0 Å². The van der Waals surface area contributed by atoms with Gasteiger partial charge in [0.2, 0.25) is 0 Å². The Hall–Kier alpha value is -1.61. The molecule has 3 heteroatoms. The molecule has 0 saturated carbocycles. The van der Waals surface area contributed by atoms with Crippen LogP contribution in [0.4, 0.5) is 0 Å². The average molecular weight is 242 g/mol. The second-order valence-electron chi connectivity index (χ2n) is 5.07. The minimum atomic E-state index is -0.194. The third kappa shape index (κ3) is 1.85. The second-order valence-corrected chi connectivity index (χ2v) is 5.07. The molecule has 1 aliphatic heterocycles. The summed E-state index contributed by atoms with van der Waals surface area (Å²) in [5, 5.41) is 0. The van der Waals surface area contributed by atoms with E-state index in [1.807, 2.05) is 29.2 Å². The first kappa shape index (κ1) is 11.5. The zero-order valence-corrected chi connectivity index (χ0v) is 10.4. The monoisotopic (exact) mass is 242 g/mol. The van der Waals surface area contributed by atoms with Crippen molar-refractivity contribution in [3.63, 3.8) is 0 Å². The van der Waals surface area contributed by atoms with Crippen molar-refractivity contribution >= 4 is 5.91 Å². The zero-order valence-electron chi connectivity index (χ0n) is 10.4. The first-order valence-electron chi connectivity index (χ1n) is 6.60. The van der Waals surface area contributed by atoms with Crippen molar-refractivity contribution in [2.75, 3.05) is 0 Å². The van der Waals surface area contributed by atoms with Gasteiger partial charge in [-0.3, -0.25) is 4.79 Å². The summed E-state index contributed by atoms with van der Waals surface area (Å²) in [6.45, 7) is 0. The maximum absolute atomic E-state index is 12.5. The van der Waals surface area contributed by atoms with E-state index in [2.05, 4.69) is 12.2 Å². The predicted molar refractivity (Wildman–Crippen MR) is 71.1 cm³/mol. The van der Waals surface area contributed by atoms with Crippen LogP contribution in [-0.2, 0) is 6.42 Å². The number of hydrogen-bond donors (Lipinski definition) is 1. The van der Waals surface area contributed by atoms with Gasteiger partial charge in [-0.05, 0) is 30.9 Å². The third-order valence-electron chi connectivity index (χ3n) is 3.85. The van der Waals surface area contributed by atoms with E-state index >= 15 is 0 Å². The highest BCUT2D eigenvalue weighted by atomic mass is 16.2. The van der Waals surface area contributed by atoms with Crippen molar-refractivity contribution in [3.05, 3.63) is 47.5 Å². The lowest BCUT2D eigenvalue weighted by Gasteiger charge is -2.39. The first-order chi connectivity index (χ1) is 8.77. The highest BCUT2D eigenvalue weighted by Gasteiger charge is 2.34. The fraction of sp³-hybridized carbons (Fsp3) is 0.400. The number of carbonyl (C=O) groups is 1. The van der Waals surface area contributed by atoms with Gasteiger partial charge in [-0.2, -0.15) is 0 Å². The Balaban J connectivity index is 1.95. The van der Waals surface area contributed by atoms with Crippen LogP contribution in [0.3, 0.4) is 0 Å². The first-order valence-corrected chi connectivity index (χ1v) is 6.60. The zero-order chi connectivity index (χ0) is 12.5. The largest absolute Gasteiger partial charge is 0.317 e. The molecule has 0 aromatic heterocycles. The van der Waals surface area contributed by atoms with Gasteiger partial charge in [0.25, 0.3) is 5.91 Å². The molecular weight excluding hydrogens is 224 g/mol. The van der Waals surface area contributed by atoms with E-state index in [0.717, 1.165) is 36.8 Å². The highest BCUT2D eigenvalue weighted by Crippen LogP contribution is 2.26. The summed E-state index contributed by atoms with van der Waals surface area (Å²) in [5.74, 6) is 0.0842. The molecule has 0 saturated heterocycles. The number of hydrogen-bond acceptors (Lipinski definition) is 2. The van der Waals surface area contributed by atoms with Crippen LogP contribution in [0, 0.1) is 0 Å². The molecule has 0 radical (unpaired) electrons. The Kier molecular flexibility index (Phi) is 2.92. The SMILES string of the molecule is NC1Cc2ccccc2C(=O)N1C1C=CCCC1. The van der Waals surface area contributed by atoms with Gasteiger partial charge in [0.05, 0.1) is 12.2 Å². The molecule has 2 N–H and O–H groups in total. The van der Waals surface area contributed by atoms with Gasteiger partial charge < -0.3 is 10.6 Å². The molecule has 1 amide bonds. The van der Waals surface area contributed by atoms with E-state index in [9.17, 15) is 4.79 Å². The molecule has 1 aliphatic carbocycles. The number of amides is 1. The number of allylic oxidation sites excluding steroid dienone is 1. The predicted octanol–water partition coefficient (Wildman–Crippen LogP) is 2.08. The molecule has 3 nitrogen and oxygen atoms in total. The molecule has 2 unspecified atom stereocenters. The Morgan fingerprint density at radius 2 is 2.11 bits per heavy atom. The Bertz CT molecular complexity index is 495. The van der Waals surface area contributed by atoms with Gasteiger partial charge in [0.15, 0.2) is 0 Å². The van der Waals surface area contributed by atoms with E-state index in [1.54, 1.807) is 0 Å². The molecule has 0 fully saturated rings. The Morgan fingerprint density at radius 1 is 1.28 bits per heavy atom. The number of fused-ring (bicyclic) bond motifs is 1. The quantitative estimate of drug-likeness (QED) is 0.766. The molecule has 2 atom stereocenters. The summed E-state index contributed by atoms with van der Waals surface area (Å²) in [7, 11) is 0. The van der Waals surface area contributed by atoms with Crippen molar-refractivity contribution in [3.8, 4) is 0 Å². The third-order valence-corrected chi connectivity index (χ3v) is 3.85. The maximum atomic E-state index is 12.5. The van der Waals surface area contributed by atoms with Crippen molar-refractivity contribution in [2.24, 2.45) is 5.73 Å². The van der Waals surface area contributed by atoms with E-state index in [4.69, 9.17) is 5.73 Å². The molecule has 0 bridgehead atoms. The summed E-state index contributed by atoms with van der Waals surface area (Å²) >= 11 is 0. The van der Waals surface area contributed by atoms with Crippen LogP contribution >= 0.6 is 0 Å². The lowest BCUT2D eigenvalue weighted by Crippen LogP contribution is -2.55. The second kappa shape index (κ2) is 4.58. The average Bonchev–Trinajstić information content (AvgIpc) is 2.40. The standard InChI is InChI=1S/C15H18N2O/c16-14-10-11-6-4-5-9-13(11)15(18)17(14)12-7-2-1-3-8-12/h2,4-7,9,12,14H,1,3,8,10,16H2. The molecule has 2 aliphatic rings. The summed E-state index contributed by atoms with van der Waals surface area (Å²) in [5.41, 5.74) is 8.08. The number of nitrogens with zero attached hydrogens (tertiary/aromatic N) is 1. The van der Waals surface area contributed by atoms with Gasteiger partial charge in [-0.1, -0.05) is 30.4 Å². The van der Waals surface area contributed by atoms with E-state index in [1.165, 1.54) is 0 Å². The smallest absolute Gasteiger partial charge is 0.255 e. The highest BCUT2D eigenvalue weighted by molar-refractivity contribution is 5.97. The van der Waals surface area contributed by atoms with E-state index < -0.39 is 0 Å². The van der Waals surface area contributed by atoms with Crippen molar-refractivity contribution < 1.29 is 4.79 Å². The number of nitrogens with two attached hydrogens (primary N) is 1. The van der Waals surface area contributed by atoms with Gasteiger partial charge in [-0.25, -0.2) is 0 Å². The normalized spacial score (nSPS) is 27.2. The van der Waals surface area contributed by atoms with Gasteiger partial charge in [-0.15, -0.1) is 0 Å². The van der Waals surface area contributed by atoms with Gasteiger partial charge in [0.1, 0.15) is 0 Å². The maximum Gasteiger partial charge on any atom is 0.255 e. The molecule has 0 spiro atoms. The van der Waals surface area contributed by atoms with Crippen molar-refractivity contribution in [1.82, 2.24) is 4.90 Å². The lowest BCUT2D eigenvalue weighted by atomic mass is 9.93. The van der Waals surface area contributed by atoms with Gasteiger partial charge >= 0.3 is 0 Å². The van der Waals surface area contributed by atoms with Crippen LogP contribution in [0.5, 0.6) is 0 Å². The van der Waals surface area contributed by atoms with Gasteiger partial charge in [0, 0.05) is 12.0 Å². The summed E-state index contributed by atoms with van der Waals surface area (Å²) in [6.07, 6.45) is 8.14. The van der Waals surface area contributed by atoms with E-state index in [-0.39, 0.29) is 18.1 Å². The number of rotatable bonds is 1. The topological polar surface area (TPSA) is 46.3 Å². The molecule has 1 aromatic rings. The minimum Gasteiger partial charge on any atom is -0.317 e. The summed E-state index contributed by atoms with van der Waals surface area (Å²) in [4.78, 5) is 14.4. The Labute approximate surface area is 107 Å². The molecule has 3 rings (SSSR count). The van der Waals surface area contributed by atoms with Crippen LogP contribution in [0.2, 0.25) is 0 Å². The number of carbonyl (C=O) groups excluding carboxylic acids is 1. The van der Waals surface area contributed by atoms with E-state index in [0.29, 0.717) is 0 Å². The van der Waals surface area contributed by atoms with Crippen molar-refractivity contribution in [2.45, 2.75) is 37.9 Å². The molecule has 94 valence electrons. The molecule has 1 heterocycles.